The first kappa shape index (κ1) is 17.1. The molecule has 0 saturated carbocycles. The van der Waals surface area contributed by atoms with E-state index in [4.69, 9.17) is 21.4 Å². The molecular weight excluding hydrogens is 342 g/mol. The molecule has 3 rings (SSSR count). The van der Waals surface area contributed by atoms with Crippen molar-refractivity contribution in [2.24, 2.45) is 0 Å². The first-order valence-corrected chi connectivity index (χ1v) is 7.93. The Balaban J connectivity index is 2.07. The van der Waals surface area contributed by atoms with Crippen molar-refractivity contribution in [3.8, 4) is 0 Å². The number of aryl methyl sites for hydroxylation is 2. The van der Waals surface area contributed by atoms with Gasteiger partial charge in [-0.05, 0) is 37.6 Å². The Hall–Kier alpha value is -2.70. The number of aromatic nitrogens is 1. The highest BCUT2D eigenvalue weighted by atomic mass is 35.5. The normalized spacial score (nSPS) is 10.9. The molecule has 1 amide bonds. The number of pyridine rings is 1. The van der Waals surface area contributed by atoms with Crippen molar-refractivity contribution in [3.05, 3.63) is 63.4 Å². The van der Waals surface area contributed by atoms with Gasteiger partial charge in [-0.2, -0.15) is 0 Å². The first-order valence-electron chi connectivity index (χ1n) is 7.56. The molecule has 0 radical (unpaired) electrons. The van der Waals surface area contributed by atoms with E-state index in [2.05, 4.69) is 10.3 Å². The smallest absolute Gasteiger partial charge is 0.261 e. The number of carbonyl (C=O) groups is 1. The Morgan fingerprint density at radius 2 is 2.12 bits per heavy atom. The van der Waals surface area contributed by atoms with E-state index in [-0.39, 0.29) is 17.7 Å². The lowest BCUT2D eigenvalue weighted by atomic mass is 10.1. The molecule has 0 unspecified atom stereocenters. The molecule has 3 aromatic rings. The Bertz CT molecular complexity index is 1040. The Kier molecular flexibility index (Phi) is 4.57. The maximum absolute atomic E-state index is 12.6. The number of nitrogens with one attached hydrogen (secondary N) is 2. The third-order valence-corrected chi connectivity index (χ3v) is 4.17. The molecule has 0 aliphatic heterocycles. The van der Waals surface area contributed by atoms with Crippen molar-refractivity contribution in [1.29, 1.82) is 5.41 Å². The van der Waals surface area contributed by atoms with E-state index in [1.165, 1.54) is 12.3 Å². The fourth-order valence-corrected chi connectivity index (χ4v) is 2.79. The number of fused-ring (bicyclic) bond motifs is 1. The van der Waals surface area contributed by atoms with Gasteiger partial charge < -0.3 is 14.8 Å². The maximum atomic E-state index is 12.6. The van der Waals surface area contributed by atoms with Crippen LogP contribution >= 0.6 is 11.6 Å². The summed E-state index contributed by atoms with van der Waals surface area (Å²) in [5, 5.41) is 21.1. The van der Waals surface area contributed by atoms with Gasteiger partial charge in [-0.25, -0.2) is 0 Å². The molecule has 1 aromatic carbocycles. The lowest BCUT2D eigenvalue weighted by molar-refractivity contribution is 0.102. The number of nitrogens with zero attached hydrogens (tertiary/aromatic N) is 1. The molecule has 128 valence electrons. The summed E-state index contributed by atoms with van der Waals surface area (Å²) in [7, 11) is 0. The van der Waals surface area contributed by atoms with Crippen molar-refractivity contribution in [2.75, 3.05) is 5.32 Å². The summed E-state index contributed by atoms with van der Waals surface area (Å²) >= 11 is 6.14. The monoisotopic (exact) mass is 357 g/mol. The highest BCUT2D eigenvalue weighted by Crippen LogP contribution is 2.24. The van der Waals surface area contributed by atoms with Gasteiger partial charge in [0.25, 0.3) is 5.91 Å². The number of hydrogen-bond acceptors (Lipinski definition) is 5. The summed E-state index contributed by atoms with van der Waals surface area (Å²) in [5.74, 6) is -0.514. The fourth-order valence-electron chi connectivity index (χ4n) is 2.50. The van der Waals surface area contributed by atoms with Gasteiger partial charge in [-0.1, -0.05) is 17.7 Å². The van der Waals surface area contributed by atoms with Crippen LogP contribution in [0.4, 0.5) is 5.69 Å². The predicted molar refractivity (Wildman–Crippen MR) is 94.7 cm³/mol. The average molecular weight is 358 g/mol. The Morgan fingerprint density at radius 3 is 2.80 bits per heavy atom. The van der Waals surface area contributed by atoms with Gasteiger partial charge >= 0.3 is 0 Å². The van der Waals surface area contributed by atoms with Gasteiger partial charge in [0.1, 0.15) is 5.56 Å². The Labute approximate surface area is 148 Å². The summed E-state index contributed by atoms with van der Waals surface area (Å²) in [5.41, 5.74) is 2.66. The molecule has 0 saturated heterocycles. The molecule has 0 spiro atoms. The van der Waals surface area contributed by atoms with Crippen LogP contribution < -0.4 is 10.9 Å². The molecule has 0 aliphatic carbocycles. The minimum Gasteiger partial charge on any atom is -0.436 e. The van der Waals surface area contributed by atoms with Crippen LogP contribution in [0.5, 0.6) is 0 Å². The minimum absolute atomic E-state index is 0.0458. The van der Waals surface area contributed by atoms with Crippen LogP contribution in [-0.2, 0) is 6.61 Å². The number of aliphatic hydroxyl groups is 1. The fraction of sp³-hybridized carbons (Fsp3) is 0.167. The third-order valence-electron chi connectivity index (χ3n) is 3.86. The van der Waals surface area contributed by atoms with E-state index in [0.717, 1.165) is 5.56 Å². The lowest BCUT2D eigenvalue weighted by Gasteiger charge is -2.10. The number of amides is 1. The first-order chi connectivity index (χ1) is 11.9. The standard InChI is InChI=1S/C18H16ClN3O3/c1-9-3-4-15(14(19)5-9)22-18(24)13-6-12-11(8-23)7-21-10(2)16(12)25-17(13)20/h3-7,20,23H,8H2,1-2H3,(H,22,24). The van der Waals surface area contributed by atoms with Crippen LogP contribution in [0.25, 0.3) is 11.0 Å². The van der Waals surface area contributed by atoms with E-state index in [0.29, 0.717) is 32.9 Å². The zero-order valence-corrected chi connectivity index (χ0v) is 14.4. The summed E-state index contributed by atoms with van der Waals surface area (Å²) in [6.45, 7) is 3.38. The van der Waals surface area contributed by atoms with Crippen LogP contribution in [0, 0.1) is 19.3 Å². The number of carbonyl (C=O) groups excluding carboxylic acids is 1. The highest BCUT2D eigenvalue weighted by molar-refractivity contribution is 6.34. The molecule has 0 fully saturated rings. The summed E-state index contributed by atoms with van der Waals surface area (Å²) in [6, 6.07) is 6.79. The minimum atomic E-state index is -0.514. The number of halogens is 1. The molecule has 3 N–H and O–H groups in total. The van der Waals surface area contributed by atoms with Crippen molar-refractivity contribution in [2.45, 2.75) is 20.5 Å². The van der Waals surface area contributed by atoms with Gasteiger partial charge in [0.2, 0.25) is 5.55 Å². The van der Waals surface area contributed by atoms with Crippen molar-refractivity contribution in [3.63, 3.8) is 0 Å². The summed E-state index contributed by atoms with van der Waals surface area (Å²) < 4.78 is 5.47. The SMILES string of the molecule is Cc1ccc(NC(=O)c2cc3c(CO)cnc(C)c3oc2=N)c(Cl)c1. The van der Waals surface area contributed by atoms with Crippen LogP contribution in [0.15, 0.2) is 34.9 Å². The molecule has 0 atom stereocenters. The number of rotatable bonds is 3. The molecular formula is C18H16ClN3O3. The zero-order chi connectivity index (χ0) is 18.1. The van der Waals surface area contributed by atoms with Gasteiger partial charge in [0, 0.05) is 17.1 Å². The topological polar surface area (TPSA) is 99.2 Å². The lowest BCUT2D eigenvalue weighted by Crippen LogP contribution is -2.21. The molecule has 2 heterocycles. The van der Waals surface area contributed by atoms with E-state index in [9.17, 15) is 9.90 Å². The van der Waals surface area contributed by atoms with Gasteiger partial charge in [0.15, 0.2) is 5.58 Å². The van der Waals surface area contributed by atoms with Crippen LogP contribution in [0.3, 0.4) is 0 Å². The average Bonchev–Trinajstić information content (AvgIpc) is 2.57. The second-order valence-electron chi connectivity index (χ2n) is 5.70. The molecule has 6 nitrogen and oxygen atoms in total. The largest absolute Gasteiger partial charge is 0.436 e. The number of aliphatic hydroxyl groups excluding tert-OH is 1. The quantitative estimate of drug-likeness (QED) is 0.669. The van der Waals surface area contributed by atoms with Gasteiger partial charge in [-0.15, -0.1) is 0 Å². The summed E-state index contributed by atoms with van der Waals surface area (Å²) in [6.07, 6.45) is 1.52. The van der Waals surface area contributed by atoms with Crippen LogP contribution in [-0.4, -0.2) is 16.0 Å². The summed E-state index contributed by atoms with van der Waals surface area (Å²) in [4.78, 5) is 16.7. The third kappa shape index (κ3) is 3.26. The predicted octanol–water partition coefficient (Wildman–Crippen LogP) is 3.32. The number of hydrogen-bond donors (Lipinski definition) is 3. The maximum Gasteiger partial charge on any atom is 0.261 e. The molecule has 0 bridgehead atoms. The number of benzene rings is 1. The van der Waals surface area contributed by atoms with E-state index < -0.39 is 5.91 Å². The van der Waals surface area contributed by atoms with Crippen LogP contribution in [0.1, 0.15) is 27.2 Å². The second-order valence-corrected chi connectivity index (χ2v) is 6.10. The zero-order valence-electron chi connectivity index (χ0n) is 13.7. The molecule has 25 heavy (non-hydrogen) atoms. The van der Waals surface area contributed by atoms with E-state index in [1.54, 1.807) is 19.1 Å². The van der Waals surface area contributed by atoms with E-state index >= 15 is 0 Å². The van der Waals surface area contributed by atoms with E-state index in [1.807, 2.05) is 13.0 Å². The van der Waals surface area contributed by atoms with Crippen molar-refractivity contribution < 1.29 is 14.3 Å². The second kappa shape index (κ2) is 6.66. The molecule has 2 aromatic heterocycles. The Morgan fingerprint density at radius 1 is 1.36 bits per heavy atom. The molecule has 0 aliphatic rings. The molecule has 7 heteroatoms. The van der Waals surface area contributed by atoms with Crippen molar-refractivity contribution in [1.82, 2.24) is 4.98 Å². The van der Waals surface area contributed by atoms with Gasteiger partial charge in [0.05, 0.1) is 23.0 Å². The van der Waals surface area contributed by atoms with Crippen molar-refractivity contribution >= 4 is 34.2 Å². The van der Waals surface area contributed by atoms with Gasteiger partial charge in [-0.3, -0.25) is 15.2 Å². The number of anilines is 1. The van der Waals surface area contributed by atoms with Crippen LogP contribution in [0.2, 0.25) is 5.02 Å². The highest BCUT2D eigenvalue weighted by Gasteiger charge is 2.16.